The summed E-state index contributed by atoms with van der Waals surface area (Å²) in [6, 6.07) is 27.4. The quantitative estimate of drug-likeness (QED) is 0.0728. The molecular weight excluding hydrogens is 538 g/mol. The van der Waals surface area contributed by atoms with Crippen molar-refractivity contribution in [2.45, 2.75) is 19.2 Å². The third-order valence-corrected chi connectivity index (χ3v) is 6.23. The van der Waals surface area contributed by atoms with Gasteiger partial charge in [-0.3, -0.25) is 4.79 Å². The smallest absolute Gasteiger partial charge is 0.409 e. The highest BCUT2D eigenvalue weighted by atomic mass is 16.6. The summed E-state index contributed by atoms with van der Waals surface area (Å²) in [7, 11) is 1.47. The minimum Gasteiger partial charge on any atom is -0.493 e. The first-order valence-corrected chi connectivity index (χ1v) is 12.9. The summed E-state index contributed by atoms with van der Waals surface area (Å²) in [5.74, 6) is 0.114. The number of primary amides is 1. The van der Waals surface area contributed by atoms with Crippen LogP contribution in [0.5, 0.6) is 17.2 Å². The first-order valence-electron chi connectivity index (χ1n) is 12.9. The number of rotatable bonds is 12. The number of nitrogens with two attached hydrogens (primary N) is 2. The van der Waals surface area contributed by atoms with Crippen molar-refractivity contribution in [1.29, 1.82) is 0 Å². The summed E-state index contributed by atoms with van der Waals surface area (Å²) < 4.78 is 16.9. The Morgan fingerprint density at radius 2 is 1.50 bits per heavy atom. The predicted molar refractivity (Wildman–Crippen MR) is 158 cm³/mol. The first kappa shape index (κ1) is 29.3. The van der Waals surface area contributed by atoms with E-state index in [-0.39, 0.29) is 36.0 Å². The number of hydrogen-bond acceptors (Lipinski definition) is 8. The topological polar surface area (TPSA) is 171 Å². The minimum atomic E-state index is -1.07. The Morgan fingerprint density at radius 3 is 2.10 bits per heavy atom. The third-order valence-electron chi connectivity index (χ3n) is 6.23. The predicted octanol–water partition coefficient (Wildman–Crippen LogP) is 4.30. The van der Waals surface area contributed by atoms with Crippen LogP contribution in [0.25, 0.3) is 0 Å². The van der Waals surface area contributed by atoms with Crippen LogP contribution in [-0.4, -0.2) is 30.2 Å². The fraction of sp³-hybridized carbons (Fsp3) is 0.129. The van der Waals surface area contributed by atoms with Crippen molar-refractivity contribution < 1.29 is 29.0 Å². The third kappa shape index (κ3) is 7.69. The van der Waals surface area contributed by atoms with Gasteiger partial charge in [0.15, 0.2) is 17.3 Å². The van der Waals surface area contributed by atoms with Crippen molar-refractivity contribution in [2.24, 2.45) is 16.6 Å². The van der Waals surface area contributed by atoms with Gasteiger partial charge in [-0.15, -0.1) is 0 Å². The SMILES string of the molecule is COc1cc(C(Nc2ccc(C(N)=NO)cc2)C(=O)NCc2ccccc2)c(OC(N)=O)cc1OCc1ccccc1. The lowest BCUT2D eigenvalue weighted by molar-refractivity contribution is -0.122. The molecule has 0 aromatic heterocycles. The Kier molecular flexibility index (Phi) is 9.81. The van der Waals surface area contributed by atoms with E-state index in [9.17, 15) is 9.59 Å². The molecule has 0 saturated heterocycles. The van der Waals surface area contributed by atoms with Crippen LogP contribution in [0, 0.1) is 0 Å². The van der Waals surface area contributed by atoms with E-state index in [2.05, 4.69) is 15.8 Å². The second-order valence-corrected chi connectivity index (χ2v) is 9.08. The highest BCUT2D eigenvalue weighted by molar-refractivity contribution is 5.97. The van der Waals surface area contributed by atoms with Crippen molar-refractivity contribution in [1.82, 2.24) is 5.32 Å². The Labute approximate surface area is 242 Å². The number of nitrogens with one attached hydrogen (secondary N) is 2. The van der Waals surface area contributed by atoms with Crippen LogP contribution in [-0.2, 0) is 17.9 Å². The minimum absolute atomic E-state index is 0.00648. The molecule has 11 nitrogen and oxygen atoms in total. The number of amidine groups is 1. The van der Waals surface area contributed by atoms with Gasteiger partial charge in [-0.25, -0.2) is 4.79 Å². The fourth-order valence-corrected chi connectivity index (χ4v) is 4.12. The van der Waals surface area contributed by atoms with Crippen LogP contribution in [0.3, 0.4) is 0 Å². The lowest BCUT2D eigenvalue weighted by Gasteiger charge is -2.24. The molecule has 216 valence electrons. The van der Waals surface area contributed by atoms with Crippen LogP contribution >= 0.6 is 0 Å². The maximum atomic E-state index is 13.7. The maximum absolute atomic E-state index is 13.7. The van der Waals surface area contributed by atoms with E-state index in [1.165, 1.54) is 13.2 Å². The van der Waals surface area contributed by atoms with E-state index in [0.717, 1.165) is 11.1 Å². The molecule has 0 fully saturated rings. The van der Waals surface area contributed by atoms with Gasteiger partial charge in [-0.1, -0.05) is 65.8 Å². The summed E-state index contributed by atoms with van der Waals surface area (Å²) in [5, 5.41) is 18.1. The Balaban J connectivity index is 1.71. The molecule has 1 atom stereocenters. The molecule has 1 unspecified atom stereocenters. The molecule has 0 spiro atoms. The van der Waals surface area contributed by atoms with E-state index >= 15 is 0 Å². The molecule has 7 N–H and O–H groups in total. The number of ether oxygens (including phenoxy) is 3. The molecule has 0 aliphatic rings. The largest absolute Gasteiger partial charge is 0.493 e. The number of anilines is 1. The number of methoxy groups -OCH3 is 1. The summed E-state index contributed by atoms with van der Waals surface area (Å²) in [6.45, 7) is 0.472. The molecule has 11 heteroatoms. The summed E-state index contributed by atoms with van der Waals surface area (Å²) >= 11 is 0. The number of hydrogen-bond donors (Lipinski definition) is 5. The number of oxime groups is 1. The molecular formula is C31H31N5O6. The van der Waals surface area contributed by atoms with Gasteiger partial charge in [-0.05, 0) is 41.5 Å². The van der Waals surface area contributed by atoms with Crippen molar-refractivity contribution >= 4 is 23.5 Å². The van der Waals surface area contributed by atoms with Gasteiger partial charge in [0, 0.05) is 29.4 Å². The fourth-order valence-electron chi connectivity index (χ4n) is 4.12. The maximum Gasteiger partial charge on any atom is 0.409 e. The molecule has 0 radical (unpaired) electrons. The van der Waals surface area contributed by atoms with Gasteiger partial charge < -0.3 is 41.5 Å². The summed E-state index contributed by atoms with van der Waals surface area (Å²) in [4.78, 5) is 25.6. The monoisotopic (exact) mass is 569 g/mol. The van der Waals surface area contributed by atoms with Gasteiger partial charge in [0.05, 0.1) is 7.11 Å². The van der Waals surface area contributed by atoms with Gasteiger partial charge in [0.1, 0.15) is 18.4 Å². The van der Waals surface area contributed by atoms with Crippen LogP contribution in [0.15, 0.2) is 102 Å². The zero-order valence-electron chi connectivity index (χ0n) is 22.8. The lowest BCUT2D eigenvalue weighted by atomic mass is 10.0. The zero-order chi connectivity index (χ0) is 29.9. The number of carbonyl (C=O) groups excluding carboxylic acids is 2. The van der Waals surface area contributed by atoms with Gasteiger partial charge in [0.2, 0.25) is 5.91 Å². The number of nitrogens with zero attached hydrogens (tertiary/aromatic N) is 1. The Bertz CT molecular complexity index is 1530. The van der Waals surface area contributed by atoms with Gasteiger partial charge in [-0.2, -0.15) is 0 Å². The number of benzene rings is 4. The first-order chi connectivity index (χ1) is 20.4. The molecule has 2 amide bonds. The Hall–Kier alpha value is -5.71. The van der Waals surface area contributed by atoms with Gasteiger partial charge >= 0.3 is 6.09 Å². The molecule has 0 aliphatic heterocycles. The van der Waals surface area contributed by atoms with Crippen LogP contribution in [0.1, 0.15) is 28.3 Å². The van der Waals surface area contributed by atoms with Crippen LogP contribution < -0.4 is 36.3 Å². The standard InChI is InChI=1S/C31H31N5O6/c1-40-26-16-24(25(42-31(33)38)17-27(26)41-19-21-10-6-3-7-11-21)28(30(37)34-18-20-8-4-2-5-9-20)35-23-14-12-22(13-15-23)29(32)36-39/h2-17,28,35,39H,18-19H2,1H3,(H2,32,36)(H2,33,38)(H,34,37). The highest BCUT2D eigenvalue weighted by Gasteiger charge is 2.28. The molecule has 0 heterocycles. The van der Waals surface area contributed by atoms with Crippen molar-refractivity contribution in [3.05, 3.63) is 119 Å². The molecule has 42 heavy (non-hydrogen) atoms. The lowest BCUT2D eigenvalue weighted by Crippen LogP contribution is -2.34. The van der Waals surface area contributed by atoms with E-state index in [1.54, 1.807) is 30.3 Å². The second-order valence-electron chi connectivity index (χ2n) is 9.08. The summed E-state index contributed by atoms with van der Waals surface area (Å²) in [5.41, 5.74) is 14.2. The van der Waals surface area contributed by atoms with Gasteiger partial charge in [0.25, 0.3) is 0 Å². The molecule has 4 aromatic carbocycles. The van der Waals surface area contributed by atoms with E-state index in [1.807, 2.05) is 60.7 Å². The molecule has 0 saturated carbocycles. The zero-order valence-corrected chi connectivity index (χ0v) is 22.8. The van der Waals surface area contributed by atoms with Crippen molar-refractivity contribution in [3.63, 3.8) is 0 Å². The highest BCUT2D eigenvalue weighted by Crippen LogP contribution is 2.39. The van der Waals surface area contributed by atoms with E-state index in [4.69, 9.17) is 30.9 Å². The number of amides is 2. The van der Waals surface area contributed by atoms with Crippen molar-refractivity contribution in [2.75, 3.05) is 12.4 Å². The summed E-state index contributed by atoms with van der Waals surface area (Å²) in [6.07, 6.45) is -1.07. The average molecular weight is 570 g/mol. The molecule has 4 rings (SSSR count). The molecule has 0 bridgehead atoms. The van der Waals surface area contributed by atoms with Crippen molar-refractivity contribution in [3.8, 4) is 17.2 Å². The second kappa shape index (κ2) is 14.1. The average Bonchev–Trinajstić information content (AvgIpc) is 3.02. The van der Waals surface area contributed by atoms with E-state index < -0.39 is 18.0 Å². The number of carbonyl (C=O) groups is 2. The van der Waals surface area contributed by atoms with Crippen LogP contribution in [0.4, 0.5) is 10.5 Å². The van der Waals surface area contributed by atoms with Crippen LogP contribution in [0.2, 0.25) is 0 Å². The molecule has 4 aromatic rings. The van der Waals surface area contributed by atoms with E-state index in [0.29, 0.717) is 17.0 Å². The molecule has 0 aliphatic carbocycles. The normalized spacial score (nSPS) is 11.7. The Morgan fingerprint density at radius 1 is 0.857 bits per heavy atom.